The van der Waals surface area contributed by atoms with Gasteiger partial charge in [-0.1, -0.05) is 39.8 Å². The van der Waals surface area contributed by atoms with Crippen LogP contribution in [-0.2, 0) is 11.8 Å². The van der Waals surface area contributed by atoms with E-state index in [0.29, 0.717) is 11.4 Å². The Morgan fingerprint density at radius 3 is 2.48 bits per heavy atom. The van der Waals surface area contributed by atoms with E-state index in [2.05, 4.69) is 44.8 Å². The van der Waals surface area contributed by atoms with Gasteiger partial charge in [-0.15, -0.1) is 0 Å². The van der Waals surface area contributed by atoms with Gasteiger partial charge in [-0.05, 0) is 35.6 Å². The monoisotopic (exact) mass is 280 g/mol. The largest absolute Gasteiger partial charge is 0.455 e. The molecule has 3 nitrogen and oxygen atoms in total. The lowest BCUT2D eigenvalue weighted by Gasteiger charge is -2.23. The number of nitriles is 1. The van der Waals surface area contributed by atoms with Crippen molar-refractivity contribution in [2.75, 3.05) is 0 Å². The SMILES string of the molecule is CCc1ccc(Oc2ccc(C#N)nc2)c(C(C)(C)C)c1. The summed E-state index contributed by atoms with van der Waals surface area (Å²) in [5.41, 5.74) is 2.86. The first-order valence-corrected chi connectivity index (χ1v) is 7.11. The summed E-state index contributed by atoms with van der Waals surface area (Å²) in [6, 6.07) is 11.7. The number of benzene rings is 1. The summed E-state index contributed by atoms with van der Waals surface area (Å²) in [6.07, 6.45) is 2.58. The molecule has 21 heavy (non-hydrogen) atoms. The van der Waals surface area contributed by atoms with Crippen LogP contribution >= 0.6 is 0 Å². The van der Waals surface area contributed by atoms with Gasteiger partial charge in [-0.3, -0.25) is 0 Å². The number of pyridine rings is 1. The minimum Gasteiger partial charge on any atom is -0.455 e. The molecule has 0 aliphatic carbocycles. The van der Waals surface area contributed by atoms with Crippen LogP contribution in [0.15, 0.2) is 36.5 Å². The van der Waals surface area contributed by atoms with Gasteiger partial charge >= 0.3 is 0 Å². The lowest BCUT2D eigenvalue weighted by Crippen LogP contribution is -2.13. The predicted molar refractivity (Wildman–Crippen MR) is 83.5 cm³/mol. The highest BCUT2D eigenvalue weighted by molar-refractivity contribution is 5.44. The van der Waals surface area contributed by atoms with E-state index < -0.39 is 0 Å². The topological polar surface area (TPSA) is 45.9 Å². The first kappa shape index (κ1) is 15.1. The third-order valence-electron chi connectivity index (χ3n) is 3.34. The third kappa shape index (κ3) is 3.61. The van der Waals surface area contributed by atoms with Gasteiger partial charge in [0.15, 0.2) is 0 Å². The van der Waals surface area contributed by atoms with Crippen LogP contribution in [0.25, 0.3) is 0 Å². The van der Waals surface area contributed by atoms with E-state index in [1.807, 2.05) is 12.1 Å². The van der Waals surface area contributed by atoms with Gasteiger partial charge in [-0.2, -0.15) is 5.26 Å². The first-order chi connectivity index (χ1) is 9.94. The van der Waals surface area contributed by atoms with Gasteiger partial charge in [0, 0.05) is 5.56 Å². The Labute approximate surface area is 126 Å². The van der Waals surface area contributed by atoms with Crippen molar-refractivity contribution < 1.29 is 4.74 Å². The molecule has 2 rings (SSSR count). The molecular weight excluding hydrogens is 260 g/mol. The third-order valence-corrected chi connectivity index (χ3v) is 3.34. The molecule has 2 aromatic rings. The maximum Gasteiger partial charge on any atom is 0.145 e. The number of hydrogen-bond acceptors (Lipinski definition) is 3. The minimum atomic E-state index is 0.000532. The summed E-state index contributed by atoms with van der Waals surface area (Å²) in [6.45, 7) is 8.66. The van der Waals surface area contributed by atoms with Gasteiger partial charge in [0.05, 0.1) is 6.20 Å². The van der Waals surface area contributed by atoms with E-state index in [-0.39, 0.29) is 5.41 Å². The average molecular weight is 280 g/mol. The fraction of sp³-hybridized carbons (Fsp3) is 0.333. The summed E-state index contributed by atoms with van der Waals surface area (Å²) >= 11 is 0. The molecule has 0 aliphatic heterocycles. The Hall–Kier alpha value is -2.34. The van der Waals surface area contributed by atoms with E-state index in [1.165, 1.54) is 11.1 Å². The number of nitrogens with zero attached hydrogens (tertiary/aromatic N) is 2. The number of aromatic nitrogens is 1. The molecule has 0 saturated carbocycles. The van der Waals surface area contributed by atoms with E-state index in [1.54, 1.807) is 18.3 Å². The zero-order valence-corrected chi connectivity index (χ0v) is 13.0. The molecule has 0 fully saturated rings. The molecule has 0 amide bonds. The van der Waals surface area contributed by atoms with E-state index in [4.69, 9.17) is 10.00 Å². The Bertz CT molecular complexity index is 661. The molecule has 1 aromatic heterocycles. The lowest BCUT2D eigenvalue weighted by atomic mass is 9.85. The van der Waals surface area contributed by atoms with E-state index in [0.717, 1.165) is 12.2 Å². The number of ether oxygens (including phenoxy) is 1. The maximum atomic E-state index is 8.77. The van der Waals surface area contributed by atoms with Gasteiger partial charge in [-0.25, -0.2) is 4.98 Å². The summed E-state index contributed by atoms with van der Waals surface area (Å²) < 4.78 is 5.96. The van der Waals surface area contributed by atoms with Crippen LogP contribution in [0.5, 0.6) is 11.5 Å². The highest BCUT2D eigenvalue weighted by Gasteiger charge is 2.20. The summed E-state index contributed by atoms with van der Waals surface area (Å²) in [5.74, 6) is 1.48. The molecule has 1 aromatic carbocycles. The smallest absolute Gasteiger partial charge is 0.145 e. The number of aryl methyl sites for hydroxylation is 1. The van der Waals surface area contributed by atoms with Crippen molar-refractivity contribution in [1.29, 1.82) is 5.26 Å². The van der Waals surface area contributed by atoms with Crippen molar-refractivity contribution in [1.82, 2.24) is 4.98 Å². The molecule has 0 aliphatic rings. The minimum absolute atomic E-state index is 0.000532. The van der Waals surface area contributed by atoms with Crippen molar-refractivity contribution in [2.45, 2.75) is 39.5 Å². The van der Waals surface area contributed by atoms with Crippen LogP contribution in [0.3, 0.4) is 0 Å². The second-order valence-electron chi connectivity index (χ2n) is 6.03. The molecule has 0 atom stereocenters. The highest BCUT2D eigenvalue weighted by Crippen LogP contribution is 2.34. The number of hydrogen-bond donors (Lipinski definition) is 0. The molecule has 3 heteroatoms. The van der Waals surface area contributed by atoms with Crippen LogP contribution in [0, 0.1) is 11.3 Å². The molecule has 0 spiro atoms. The first-order valence-electron chi connectivity index (χ1n) is 7.11. The van der Waals surface area contributed by atoms with Gasteiger partial charge in [0.25, 0.3) is 0 Å². The fourth-order valence-electron chi connectivity index (χ4n) is 2.11. The average Bonchev–Trinajstić information content (AvgIpc) is 2.47. The van der Waals surface area contributed by atoms with Crippen molar-refractivity contribution in [2.24, 2.45) is 0 Å². The summed E-state index contributed by atoms with van der Waals surface area (Å²) in [4.78, 5) is 4.03. The maximum absolute atomic E-state index is 8.77. The quantitative estimate of drug-likeness (QED) is 0.825. The molecule has 108 valence electrons. The molecular formula is C18H20N2O. The summed E-state index contributed by atoms with van der Waals surface area (Å²) in [7, 11) is 0. The molecule has 0 radical (unpaired) electrons. The van der Waals surface area contributed by atoms with Crippen molar-refractivity contribution >= 4 is 0 Å². The summed E-state index contributed by atoms with van der Waals surface area (Å²) in [5, 5.41) is 8.77. The normalized spacial score (nSPS) is 11.0. The van der Waals surface area contributed by atoms with Crippen LogP contribution in [0.1, 0.15) is 44.5 Å². The van der Waals surface area contributed by atoms with E-state index >= 15 is 0 Å². The van der Waals surface area contributed by atoms with E-state index in [9.17, 15) is 0 Å². The molecule has 0 bridgehead atoms. The highest BCUT2D eigenvalue weighted by atomic mass is 16.5. The second-order valence-corrected chi connectivity index (χ2v) is 6.03. The zero-order valence-electron chi connectivity index (χ0n) is 13.0. The van der Waals surface area contributed by atoms with Crippen molar-refractivity contribution in [3.8, 4) is 17.6 Å². The Kier molecular flexibility index (Phi) is 4.28. The fourth-order valence-corrected chi connectivity index (χ4v) is 2.11. The van der Waals surface area contributed by atoms with Crippen LogP contribution in [0.2, 0.25) is 0 Å². The molecule has 1 heterocycles. The van der Waals surface area contributed by atoms with Gasteiger partial charge in [0.1, 0.15) is 23.3 Å². The van der Waals surface area contributed by atoms with Crippen molar-refractivity contribution in [3.63, 3.8) is 0 Å². The lowest BCUT2D eigenvalue weighted by molar-refractivity contribution is 0.453. The number of rotatable bonds is 3. The Balaban J connectivity index is 2.36. The predicted octanol–water partition coefficient (Wildman–Crippen LogP) is 4.61. The van der Waals surface area contributed by atoms with Crippen LogP contribution in [0.4, 0.5) is 0 Å². The van der Waals surface area contributed by atoms with Crippen LogP contribution < -0.4 is 4.74 Å². The molecule has 0 unspecified atom stereocenters. The van der Waals surface area contributed by atoms with Gasteiger partial charge in [0.2, 0.25) is 0 Å². The molecule has 0 saturated heterocycles. The Morgan fingerprint density at radius 1 is 1.19 bits per heavy atom. The van der Waals surface area contributed by atoms with Crippen LogP contribution in [-0.4, -0.2) is 4.98 Å². The Morgan fingerprint density at radius 2 is 1.95 bits per heavy atom. The van der Waals surface area contributed by atoms with Crippen molar-refractivity contribution in [3.05, 3.63) is 53.3 Å². The standard InChI is InChI=1S/C18H20N2O/c1-5-13-6-9-17(16(10-13)18(2,3)4)21-15-8-7-14(11-19)20-12-15/h6-10,12H,5H2,1-4H3. The second kappa shape index (κ2) is 5.97. The molecule has 0 N–H and O–H groups in total. The zero-order chi connectivity index (χ0) is 15.5. The van der Waals surface area contributed by atoms with Gasteiger partial charge < -0.3 is 4.74 Å².